The molecule has 88 valence electrons. The maximum atomic E-state index is 12.8. The van der Waals surface area contributed by atoms with Gasteiger partial charge in [-0.1, -0.05) is 6.07 Å². The Hall–Kier alpha value is -1.53. The van der Waals surface area contributed by atoms with E-state index in [1.54, 1.807) is 0 Å². The number of aromatic nitrogens is 1. The first-order chi connectivity index (χ1) is 7.16. The first-order valence-corrected chi connectivity index (χ1v) is 4.09. The van der Waals surface area contributed by atoms with Crippen LogP contribution in [0, 0.1) is 0 Å². The minimum Gasteiger partial charge on any atom is -0.293 e. The minimum absolute atomic E-state index is 0.429. The molecule has 2 nitrogen and oxygen atoms in total. The Bertz CT molecular complexity index is 413. The topological polar surface area (TPSA) is 30.0 Å². The standard InChI is InChI=1S/C9H6F5NO/c1-5(16)6-3-2-4-7(15-6)8(10,11)9(12,13)14/h2-4H,1H3. The van der Waals surface area contributed by atoms with Crippen LogP contribution >= 0.6 is 0 Å². The van der Waals surface area contributed by atoms with Gasteiger partial charge in [-0.2, -0.15) is 22.0 Å². The van der Waals surface area contributed by atoms with Crippen LogP contribution in [0.15, 0.2) is 18.2 Å². The number of hydrogen-bond donors (Lipinski definition) is 0. The number of pyridine rings is 1. The molecule has 0 aliphatic rings. The second-order valence-electron chi connectivity index (χ2n) is 3.04. The number of nitrogens with zero attached hydrogens (tertiary/aromatic N) is 1. The highest BCUT2D eigenvalue weighted by Gasteiger charge is 2.59. The predicted octanol–water partition coefficient (Wildman–Crippen LogP) is 2.94. The van der Waals surface area contributed by atoms with Gasteiger partial charge in [0.1, 0.15) is 11.4 Å². The molecule has 1 heterocycles. The molecule has 16 heavy (non-hydrogen) atoms. The molecule has 0 spiro atoms. The lowest BCUT2D eigenvalue weighted by Gasteiger charge is -2.18. The number of carbonyl (C=O) groups excluding carboxylic acids is 1. The van der Waals surface area contributed by atoms with Crippen molar-refractivity contribution >= 4 is 5.78 Å². The molecule has 0 amide bonds. The third-order valence-corrected chi connectivity index (χ3v) is 1.79. The molecular formula is C9H6F5NO. The maximum absolute atomic E-state index is 12.8. The lowest BCUT2D eigenvalue weighted by molar-refractivity contribution is -0.290. The monoisotopic (exact) mass is 239 g/mol. The van der Waals surface area contributed by atoms with Gasteiger partial charge in [-0.3, -0.25) is 4.79 Å². The summed E-state index contributed by atoms with van der Waals surface area (Å²) in [6.07, 6.45) is -5.73. The van der Waals surface area contributed by atoms with Crippen molar-refractivity contribution in [1.82, 2.24) is 4.98 Å². The van der Waals surface area contributed by atoms with Gasteiger partial charge in [0.05, 0.1) is 0 Å². The SMILES string of the molecule is CC(=O)c1cccc(C(F)(F)C(F)(F)F)n1. The Morgan fingerprint density at radius 1 is 1.19 bits per heavy atom. The molecule has 1 aromatic rings. The molecule has 0 saturated carbocycles. The van der Waals surface area contributed by atoms with Crippen molar-refractivity contribution in [1.29, 1.82) is 0 Å². The lowest BCUT2D eigenvalue weighted by Crippen LogP contribution is -2.34. The fraction of sp³-hybridized carbons (Fsp3) is 0.333. The minimum atomic E-state index is -5.73. The fourth-order valence-electron chi connectivity index (χ4n) is 0.951. The summed E-state index contributed by atoms with van der Waals surface area (Å²) in [5.74, 6) is -5.74. The fourth-order valence-corrected chi connectivity index (χ4v) is 0.951. The van der Waals surface area contributed by atoms with Gasteiger partial charge in [0.25, 0.3) is 0 Å². The van der Waals surface area contributed by atoms with Crippen LogP contribution in [-0.4, -0.2) is 16.9 Å². The highest BCUT2D eigenvalue weighted by molar-refractivity contribution is 5.92. The Kier molecular flexibility index (Phi) is 2.98. The van der Waals surface area contributed by atoms with Crippen molar-refractivity contribution in [3.63, 3.8) is 0 Å². The average Bonchev–Trinajstić information content (AvgIpc) is 2.16. The molecule has 1 aromatic heterocycles. The van der Waals surface area contributed by atoms with Gasteiger partial charge in [0, 0.05) is 6.92 Å². The Balaban J connectivity index is 3.24. The predicted molar refractivity (Wildman–Crippen MR) is 44.2 cm³/mol. The van der Waals surface area contributed by atoms with Crippen molar-refractivity contribution in [2.24, 2.45) is 0 Å². The molecule has 0 bridgehead atoms. The molecule has 1 rings (SSSR count). The second-order valence-corrected chi connectivity index (χ2v) is 3.04. The molecule has 7 heteroatoms. The summed E-state index contributed by atoms with van der Waals surface area (Å²) >= 11 is 0. The van der Waals surface area contributed by atoms with E-state index >= 15 is 0 Å². The van der Waals surface area contributed by atoms with E-state index < -0.39 is 29.3 Å². The number of hydrogen-bond acceptors (Lipinski definition) is 2. The number of halogens is 5. The van der Waals surface area contributed by atoms with Crippen LogP contribution in [0.5, 0.6) is 0 Å². The molecule has 0 aliphatic carbocycles. The van der Waals surface area contributed by atoms with Gasteiger partial charge in [-0.05, 0) is 12.1 Å². The molecule has 0 atom stereocenters. The van der Waals surface area contributed by atoms with Gasteiger partial charge in [0.15, 0.2) is 5.78 Å². The third-order valence-electron chi connectivity index (χ3n) is 1.79. The molecule has 0 aromatic carbocycles. The number of alkyl halides is 5. The summed E-state index contributed by atoms with van der Waals surface area (Å²) in [5.41, 5.74) is -1.91. The molecule has 0 unspecified atom stereocenters. The molecular weight excluding hydrogens is 233 g/mol. The maximum Gasteiger partial charge on any atom is 0.459 e. The van der Waals surface area contributed by atoms with Crippen LogP contribution in [0.2, 0.25) is 0 Å². The molecule has 0 radical (unpaired) electrons. The summed E-state index contributed by atoms with van der Waals surface area (Å²) in [5, 5.41) is 0. The summed E-state index contributed by atoms with van der Waals surface area (Å²) in [4.78, 5) is 13.8. The van der Waals surface area contributed by atoms with Crippen LogP contribution in [0.1, 0.15) is 23.1 Å². The van der Waals surface area contributed by atoms with Gasteiger partial charge < -0.3 is 0 Å². The second kappa shape index (κ2) is 3.80. The summed E-state index contributed by atoms with van der Waals surface area (Å²) in [7, 11) is 0. The van der Waals surface area contributed by atoms with Crippen molar-refractivity contribution in [2.45, 2.75) is 19.0 Å². The van der Waals surface area contributed by atoms with Crippen molar-refractivity contribution in [3.8, 4) is 0 Å². The van der Waals surface area contributed by atoms with E-state index in [2.05, 4.69) is 4.98 Å². The van der Waals surface area contributed by atoms with Crippen LogP contribution in [0.4, 0.5) is 22.0 Å². The number of Topliss-reactive ketones (excluding diaryl/α,β-unsaturated/α-hetero) is 1. The van der Waals surface area contributed by atoms with Gasteiger partial charge >= 0.3 is 12.1 Å². The quantitative estimate of drug-likeness (QED) is 0.586. The molecule has 0 saturated heterocycles. The summed E-state index contributed by atoms with van der Waals surface area (Å²) in [6, 6.07) is 2.52. The molecule has 0 N–H and O–H groups in total. The average molecular weight is 239 g/mol. The van der Waals surface area contributed by atoms with E-state index in [1.165, 1.54) is 0 Å². The number of carbonyl (C=O) groups is 1. The van der Waals surface area contributed by atoms with Gasteiger partial charge in [0.2, 0.25) is 0 Å². The van der Waals surface area contributed by atoms with Gasteiger partial charge in [-0.15, -0.1) is 0 Å². The Labute approximate surface area is 87.1 Å². The summed E-state index contributed by atoms with van der Waals surface area (Å²) in [6.45, 7) is 1.03. The normalized spacial score (nSPS) is 12.6. The number of rotatable bonds is 2. The van der Waals surface area contributed by atoms with Crippen LogP contribution < -0.4 is 0 Å². The highest BCUT2D eigenvalue weighted by Crippen LogP contribution is 2.42. The zero-order chi connectivity index (χ0) is 12.6. The van der Waals surface area contributed by atoms with Crippen LogP contribution in [0.25, 0.3) is 0 Å². The molecule has 0 fully saturated rings. The zero-order valence-corrected chi connectivity index (χ0v) is 7.98. The smallest absolute Gasteiger partial charge is 0.293 e. The largest absolute Gasteiger partial charge is 0.459 e. The Morgan fingerprint density at radius 2 is 1.75 bits per heavy atom. The van der Waals surface area contributed by atoms with E-state index in [0.29, 0.717) is 6.07 Å². The third kappa shape index (κ3) is 2.17. The van der Waals surface area contributed by atoms with Gasteiger partial charge in [-0.25, -0.2) is 4.98 Å². The number of ketones is 1. The lowest BCUT2D eigenvalue weighted by atomic mass is 10.2. The molecule has 0 aliphatic heterocycles. The van der Waals surface area contributed by atoms with Crippen LogP contribution in [-0.2, 0) is 5.92 Å². The zero-order valence-electron chi connectivity index (χ0n) is 7.98. The van der Waals surface area contributed by atoms with E-state index in [-0.39, 0.29) is 0 Å². The Morgan fingerprint density at radius 3 is 2.19 bits per heavy atom. The van der Waals surface area contributed by atoms with Crippen LogP contribution in [0.3, 0.4) is 0 Å². The van der Waals surface area contributed by atoms with E-state index in [4.69, 9.17) is 0 Å². The first kappa shape index (κ1) is 12.5. The van der Waals surface area contributed by atoms with E-state index in [0.717, 1.165) is 19.1 Å². The van der Waals surface area contributed by atoms with Crippen molar-refractivity contribution in [3.05, 3.63) is 29.6 Å². The van der Waals surface area contributed by atoms with Crippen molar-refractivity contribution in [2.75, 3.05) is 0 Å². The highest BCUT2D eigenvalue weighted by atomic mass is 19.4. The van der Waals surface area contributed by atoms with E-state index in [1.807, 2.05) is 0 Å². The van der Waals surface area contributed by atoms with Crippen molar-refractivity contribution < 1.29 is 26.7 Å². The van der Waals surface area contributed by atoms with E-state index in [9.17, 15) is 26.7 Å². The first-order valence-electron chi connectivity index (χ1n) is 4.09. The summed E-state index contributed by atoms with van der Waals surface area (Å²) < 4.78 is 61.5.